The van der Waals surface area contributed by atoms with E-state index in [0.29, 0.717) is 0 Å². The molecule has 4 aromatic rings. The average Bonchev–Trinajstić information content (AvgIpc) is 2.82. The molecule has 0 unspecified atom stereocenters. The van der Waals surface area contributed by atoms with Gasteiger partial charge in [-0.25, -0.2) is 0 Å². The Morgan fingerprint density at radius 3 is 1.81 bits per heavy atom. The van der Waals surface area contributed by atoms with Crippen LogP contribution in [0.25, 0.3) is 11.1 Å². The molecule has 0 aromatic heterocycles. The van der Waals surface area contributed by atoms with Crippen molar-refractivity contribution in [2.24, 2.45) is 0 Å². The monoisotopic (exact) mass is 420 g/mol. The topological polar surface area (TPSA) is 15.3 Å². The molecule has 0 spiro atoms. The van der Waals surface area contributed by atoms with E-state index in [2.05, 4.69) is 128 Å². The van der Waals surface area contributed by atoms with Crippen LogP contribution in [-0.4, -0.2) is 6.54 Å². The molecule has 0 heterocycles. The lowest BCUT2D eigenvalue weighted by atomic mass is 10.0. The van der Waals surface area contributed by atoms with Crippen molar-refractivity contribution in [1.29, 1.82) is 0 Å². The molecule has 162 valence electrons. The van der Waals surface area contributed by atoms with Crippen LogP contribution < -0.4 is 10.2 Å². The zero-order valence-corrected chi connectivity index (χ0v) is 19.3. The zero-order chi connectivity index (χ0) is 22.3. The predicted octanol–water partition coefficient (Wildman–Crippen LogP) is 8.65. The lowest BCUT2D eigenvalue weighted by Gasteiger charge is -2.25. The highest BCUT2D eigenvalue weighted by atomic mass is 15.1. The lowest BCUT2D eigenvalue weighted by Crippen LogP contribution is -2.18. The minimum atomic E-state index is 1.03. The molecule has 0 aliphatic carbocycles. The molecular weight excluding hydrogens is 388 g/mol. The van der Waals surface area contributed by atoms with Gasteiger partial charge in [0.1, 0.15) is 0 Å². The molecule has 0 amide bonds. The third-order valence-electron chi connectivity index (χ3n) is 5.79. The Morgan fingerprint density at radius 2 is 1.22 bits per heavy atom. The Bertz CT molecular complexity index is 1130. The first-order chi connectivity index (χ1) is 15.6. The van der Waals surface area contributed by atoms with Crippen LogP contribution in [0.5, 0.6) is 0 Å². The molecule has 0 bridgehead atoms. The Balaban J connectivity index is 1.51. The van der Waals surface area contributed by atoms with E-state index in [-0.39, 0.29) is 0 Å². The van der Waals surface area contributed by atoms with E-state index in [1.165, 1.54) is 46.5 Å². The van der Waals surface area contributed by atoms with Crippen LogP contribution in [0, 0.1) is 13.8 Å². The predicted molar refractivity (Wildman–Crippen MR) is 139 cm³/mol. The van der Waals surface area contributed by atoms with Gasteiger partial charge >= 0.3 is 0 Å². The van der Waals surface area contributed by atoms with Gasteiger partial charge in [-0.05, 0) is 85.5 Å². The number of aryl methyl sites for hydroxylation is 2. The Kier molecular flexibility index (Phi) is 6.91. The second-order valence-electron chi connectivity index (χ2n) is 8.46. The average molecular weight is 421 g/mol. The van der Waals surface area contributed by atoms with E-state index in [1.807, 2.05) is 0 Å². The number of benzene rings is 4. The van der Waals surface area contributed by atoms with Gasteiger partial charge < -0.3 is 10.2 Å². The van der Waals surface area contributed by atoms with Gasteiger partial charge in [0.2, 0.25) is 0 Å². The zero-order valence-electron chi connectivity index (χ0n) is 19.3. The number of hydrogen-bond acceptors (Lipinski definition) is 2. The molecular formula is C30H32N2. The van der Waals surface area contributed by atoms with Crippen LogP contribution in [-0.2, 0) is 0 Å². The summed E-state index contributed by atoms with van der Waals surface area (Å²) in [6.07, 6.45) is 2.36. The van der Waals surface area contributed by atoms with Crippen molar-refractivity contribution >= 4 is 22.7 Å². The highest BCUT2D eigenvalue weighted by Crippen LogP contribution is 2.30. The highest BCUT2D eigenvalue weighted by molar-refractivity contribution is 5.72. The van der Waals surface area contributed by atoms with Gasteiger partial charge in [-0.15, -0.1) is 0 Å². The third kappa shape index (κ3) is 5.39. The van der Waals surface area contributed by atoms with Gasteiger partial charge in [-0.2, -0.15) is 0 Å². The summed E-state index contributed by atoms with van der Waals surface area (Å²) in [6.45, 7) is 7.53. The van der Waals surface area contributed by atoms with Crippen LogP contribution in [0.4, 0.5) is 22.7 Å². The van der Waals surface area contributed by atoms with E-state index in [0.717, 1.165) is 17.9 Å². The Morgan fingerprint density at radius 1 is 0.625 bits per heavy atom. The highest BCUT2D eigenvalue weighted by Gasteiger charge is 2.10. The maximum absolute atomic E-state index is 3.47. The minimum Gasteiger partial charge on any atom is -0.356 e. The van der Waals surface area contributed by atoms with Gasteiger partial charge in [0.05, 0.1) is 0 Å². The maximum atomic E-state index is 3.47. The molecule has 4 aromatic carbocycles. The largest absolute Gasteiger partial charge is 0.356 e. The number of nitrogens with one attached hydrogen (secondary N) is 1. The summed E-state index contributed by atoms with van der Waals surface area (Å²) in [5.41, 5.74) is 9.72. The number of nitrogens with zero attached hydrogens (tertiary/aromatic N) is 1. The SMILES string of the molecule is CCCCN(c1ccc(-c2ccc(Nc3ccc(C)cc3)cc2)cc1)c1cccc(C)c1. The molecule has 1 N–H and O–H groups in total. The first-order valence-electron chi connectivity index (χ1n) is 11.5. The molecule has 0 radical (unpaired) electrons. The molecule has 2 heteroatoms. The van der Waals surface area contributed by atoms with E-state index < -0.39 is 0 Å². The van der Waals surface area contributed by atoms with Crippen LogP contribution in [0.1, 0.15) is 30.9 Å². The van der Waals surface area contributed by atoms with Crippen molar-refractivity contribution < 1.29 is 0 Å². The normalized spacial score (nSPS) is 10.7. The number of anilines is 4. The van der Waals surface area contributed by atoms with E-state index in [1.54, 1.807) is 0 Å². The minimum absolute atomic E-state index is 1.03. The molecule has 0 saturated carbocycles. The van der Waals surface area contributed by atoms with E-state index in [4.69, 9.17) is 0 Å². The van der Waals surface area contributed by atoms with Crippen LogP contribution in [0.15, 0.2) is 97.1 Å². The van der Waals surface area contributed by atoms with E-state index >= 15 is 0 Å². The molecule has 0 aliphatic rings. The molecule has 0 saturated heterocycles. The smallest absolute Gasteiger partial charge is 0.0413 e. The first-order valence-corrected chi connectivity index (χ1v) is 11.5. The van der Waals surface area contributed by atoms with Crippen molar-refractivity contribution in [3.05, 3.63) is 108 Å². The quantitative estimate of drug-likeness (QED) is 0.307. The standard InChI is InChI=1S/C30H32N2/c1-4-5-21-32(30-8-6-7-24(3)22-30)29-19-13-26(14-20-29)25-11-17-28(18-12-25)31-27-15-9-23(2)10-16-27/h6-20,22,31H,4-5,21H2,1-3H3. The van der Waals surface area contributed by atoms with Crippen LogP contribution in [0.3, 0.4) is 0 Å². The van der Waals surface area contributed by atoms with Crippen molar-refractivity contribution in [2.75, 3.05) is 16.8 Å². The molecule has 0 aliphatic heterocycles. The molecule has 0 atom stereocenters. The molecule has 0 fully saturated rings. The van der Waals surface area contributed by atoms with Crippen molar-refractivity contribution in [3.8, 4) is 11.1 Å². The molecule has 32 heavy (non-hydrogen) atoms. The fraction of sp³-hybridized carbons (Fsp3) is 0.200. The summed E-state index contributed by atoms with van der Waals surface area (Å²) >= 11 is 0. The van der Waals surface area contributed by atoms with Crippen LogP contribution >= 0.6 is 0 Å². The fourth-order valence-electron chi connectivity index (χ4n) is 3.90. The first kappa shape index (κ1) is 21.7. The van der Waals surface area contributed by atoms with Crippen LogP contribution in [0.2, 0.25) is 0 Å². The van der Waals surface area contributed by atoms with E-state index in [9.17, 15) is 0 Å². The lowest BCUT2D eigenvalue weighted by molar-refractivity contribution is 0.785. The maximum Gasteiger partial charge on any atom is 0.0413 e. The summed E-state index contributed by atoms with van der Waals surface area (Å²) in [5, 5.41) is 3.47. The number of unbranched alkanes of at least 4 members (excludes halogenated alkanes) is 1. The van der Waals surface area contributed by atoms with Crippen molar-refractivity contribution in [3.63, 3.8) is 0 Å². The second-order valence-corrected chi connectivity index (χ2v) is 8.46. The van der Waals surface area contributed by atoms with Crippen molar-refractivity contribution in [1.82, 2.24) is 0 Å². The Labute approximate surface area is 192 Å². The third-order valence-corrected chi connectivity index (χ3v) is 5.79. The number of hydrogen-bond donors (Lipinski definition) is 1. The van der Waals surface area contributed by atoms with Gasteiger partial charge in [0, 0.05) is 29.3 Å². The van der Waals surface area contributed by atoms with Gasteiger partial charge in [-0.1, -0.05) is 67.4 Å². The summed E-state index contributed by atoms with van der Waals surface area (Å²) in [4.78, 5) is 2.43. The summed E-state index contributed by atoms with van der Waals surface area (Å²) in [5.74, 6) is 0. The Hall–Kier alpha value is -3.52. The summed E-state index contributed by atoms with van der Waals surface area (Å²) < 4.78 is 0. The second kappa shape index (κ2) is 10.2. The summed E-state index contributed by atoms with van der Waals surface area (Å²) in [6, 6.07) is 34.8. The van der Waals surface area contributed by atoms with Crippen molar-refractivity contribution in [2.45, 2.75) is 33.6 Å². The fourth-order valence-corrected chi connectivity index (χ4v) is 3.90. The summed E-state index contributed by atoms with van der Waals surface area (Å²) in [7, 11) is 0. The van der Waals surface area contributed by atoms with Gasteiger partial charge in [0.15, 0.2) is 0 Å². The van der Waals surface area contributed by atoms with Gasteiger partial charge in [-0.3, -0.25) is 0 Å². The number of rotatable bonds is 8. The molecule has 4 rings (SSSR count). The van der Waals surface area contributed by atoms with Gasteiger partial charge in [0.25, 0.3) is 0 Å². The molecule has 2 nitrogen and oxygen atoms in total.